The first-order chi connectivity index (χ1) is 15.0. The van der Waals surface area contributed by atoms with E-state index in [0.29, 0.717) is 11.1 Å². The minimum absolute atomic E-state index is 0.149. The highest BCUT2D eigenvalue weighted by Gasteiger charge is 2.10. The molecule has 31 heavy (non-hydrogen) atoms. The molecule has 3 N–H and O–H groups in total. The average Bonchev–Trinajstić information content (AvgIpc) is 3.25. The monoisotopic (exact) mass is 440 g/mol. The van der Waals surface area contributed by atoms with Gasteiger partial charge in [0.1, 0.15) is 11.5 Å². The first-order valence-electron chi connectivity index (χ1n) is 9.43. The predicted octanol–water partition coefficient (Wildman–Crippen LogP) is 3.70. The van der Waals surface area contributed by atoms with Crippen molar-refractivity contribution in [3.05, 3.63) is 53.6 Å². The zero-order valence-corrected chi connectivity index (χ0v) is 18.5. The van der Waals surface area contributed by atoms with Gasteiger partial charge in [0.25, 0.3) is 0 Å². The molecule has 0 unspecified atom stereocenters. The number of benzene rings is 2. The maximum Gasteiger partial charge on any atom is 0.240 e. The molecule has 2 aromatic carbocycles. The van der Waals surface area contributed by atoms with Gasteiger partial charge in [0.2, 0.25) is 17.0 Å². The number of nitrogens with zero attached hydrogens (tertiary/aromatic N) is 3. The predicted molar refractivity (Wildman–Crippen MR) is 122 cm³/mol. The first-order valence-corrected chi connectivity index (χ1v) is 10.4. The topological polar surface area (TPSA) is 114 Å². The molecule has 0 saturated carbocycles. The van der Waals surface area contributed by atoms with Crippen LogP contribution in [0.1, 0.15) is 18.1 Å². The lowest BCUT2D eigenvalue weighted by molar-refractivity contribution is -0.113. The summed E-state index contributed by atoms with van der Waals surface area (Å²) in [7, 11) is 3.23. The molecule has 0 radical (unpaired) electrons. The summed E-state index contributed by atoms with van der Waals surface area (Å²) in [5.74, 6) is 1.92. The van der Waals surface area contributed by atoms with Gasteiger partial charge in [0, 0.05) is 11.3 Å². The molecule has 0 spiro atoms. The lowest BCUT2D eigenvalue weighted by Crippen LogP contribution is -2.15. The van der Waals surface area contributed by atoms with Gasteiger partial charge in [-0.15, -0.1) is 5.10 Å². The highest BCUT2D eigenvalue weighted by Crippen LogP contribution is 2.22. The summed E-state index contributed by atoms with van der Waals surface area (Å²) in [6, 6.07) is 13.1. The Morgan fingerprint density at radius 3 is 2.68 bits per heavy atom. The fourth-order valence-electron chi connectivity index (χ4n) is 2.63. The largest absolute Gasteiger partial charge is 0.497 e. The Morgan fingerprint density at radius 1 is 1.16 bits per heavy atom. The van der Waals surface area contributed by atoms with Crippen LogP contribution in [0.4, 0.5) is 11.6 Å². The number of hydrazone groups is 1. The third-order valence-electron chi connectivity index (χ3n) is 4.32. The van der Waals surface area contributed by atoms with Crippen LogP contribution in [0.5, 0.6) is 11.5 Å². The number of carbonyl (C=O) groups excluding carboxylic acids is 1. The number of aromatic amines is 1. The number of hydrogen-bond acceptors (Lipinski definition) is 8. The summed E-state index contributed by atoms with van der Waals surface area (Å²) >= 11 is 1.22. The minimum atomic E-state index is -0.149. The van der Waals surface area contributed by atoms with Gasteiger partial charge < -0.3 is 14.8 Å². The number of aromatic nitrogens is 3. The molecule has 0 bridgehead atoms. The van der Waals surface area contributed by atoms with Gasteiger partial charge in [0.15, 0.2) is 0 Å². The zero-order valence-electron chi connectivity index (χ0n) is 17.7. The summed E-state index contributed by atoms with van der Waals surface area (Å²) < 4.78 is 10.4. The Hall–Kier alpha value is -3.53. The number of ether oxygens (including phenoxy) is 2. The number of hydrogen-bond donors (Lipinski definition) is 3. The minimum Gasteiger partial charge on any atom is -0.497 e. The molecule has 3 aromatic rings. The Kier molecular flexibility index (Phi) is 7.50. The summed E-state index contributed by atoms with van der Waals surface area (Å²) in [5, 5.41) is 14.5. The second-order valence-electron chi connectivity index (χ2n) is 6.53. The Balaban J connectivity index is 1.52. The highest BCUT2D eigenvalue weighted by molar-refractivity contribution is 7.99. The summed E-state index contributed by atoms with van der Waals surface area (Å²) in [5.41, 5.74) is 6.19. The van der Waals surface area contributed by atoms with Crippen molar-refractivity contribution in [2.45, 2.75) is 19.0 Å². The van der Waals surface area contributed by atoms with Gasteiger partial charge in [-0.1, -0.05) is 23.9 Å². The fraction of sp³-hybridized carbons (Fsp3) is 0.238. The van der Waals surface area contributed by atoms with E-state index >= 15 is 0 Å². The van der Waals surface area contributed by atoms with Gasteiger partial charge in [0.05, 0.1) is 25.7 Å². The number of nitrogens with one attached hydrogen (secondary N) is 3. The van der Waals surface area contributed by atoms with E-state index in [4.69, 9.17) is 9.47 Å². The molecule has 162 valence electrons. The number of H-pyrrole nitrogens is 1. The van der Waals surface area contributed by atoms with Gasteiger partial charge in [-0.05, 0) is 49.7 Å². The Morgan fingerprint density at radius 2 is 1.94 bits per heavy atom. The molecule has 0 aliphatic rings. The maximum atomic E-state index is 12.2. The Bertz CT molecular complexity index is 1080. The van der Waals surface area contributed by atoms with Gasteiger partial charge in [-0.3, -0.25) is 4.79 Å². The van der Waals surface area contributed by atoms with Crippen molar-refractivity contribution in [3.8, 4) is 11.5 Å². The number of rotatable bonds is 9. The maximum absolute atomic E-state index is 12.2. The SMILES string of the molecule is COc1cccc(/C(C)=N\Nc2nc(SCC(=O)Nc3ccc(OC)cc3C)n[nH]2)c1. The number of amides is 1. The third kappa shape index (κ3) is 6.22. The second-order valence-corrected chi connectivity index (χ2v) is 7.47. The van der Waals surface area contributed by atoms with Gasteiger partial charge in [-0.2, -0.15) is 10.1 Å². The van der Waals surface area contributed by atoms with E-state index < -0.39 is 0 Å². The molecule has 0 aliphatic carbocycles. The van der Waals surface area contributed by atoms with Crippen molar-refractivity contribution in [1.29, 1.82) is 0 Å². The van der Waals surface area contributed by atoms with Crippen molar-refractivity contribution in [2.75, 3.05) is 30.7 Å². The lowest BCUT2D eigenvalue weighted by atomic mass is 10.1. The number of carbonyl (C=O) groups is 1. The molecule has 10 heteroatoms. The molecule has 1 amide bonds. The average molecular weight is 441 g/mol. The van der Waals surface area contributed by atoms with Crippen LogP contribution in [0.15, 0.2) is 52.7 Å². The standard InChI is InChI=1S/C21H24N6O3S/c1-13-10-17(30-4)8-9-18(13)22-19(28)12-31-21-23-20(26-27-21)25-24-14(2)15-6-5-7-16(11-15)29-3/h5-11H,12H2,1-4H3,(H,22,28)(H2,23,25,26,27)/b24-14-. The highest BCUT2D eigenvalue weighted by atomic mass is 32.2. The van der Waals surface area contributed by atoms with Crippen LogP contribution in [-0.2, 0) is 4.79 Å². The van der Waals surface area contributed by atoms with E-state index in [9.17, 15) is 4.79 Å². The van der Waals surface area contributed by atoms with Crippen molar-refractivity contribution in [2.24, 2.45) is 5.10 Å². The molecule has 0 saturated heterocycles. The van der Waals surface area contributed by atoms with Crippen LogP contribution >= 0.6 is 11.8 Å². The number of methoxy groups -OCH3 is 2. The van der Waals surface area contributed by atoms with Crippen molar-refractivity contribution in [1.82, 2.24) is 15.2 Å². The molecule has 9 nitrogen and oxygen atoms in total. The fourth-order valence-corrected chi connectivity index (χ4v) is 3.23. The zero-order chi connectivity index (χ0) is 22.2. The van der Waals surface area contributed by atoms with E-state index in [1.807, 2.05) is 50.2 Å². The Labute approximate surface area is 184 Å². The van der Waals surface area contributed by atoms with E-state index in [0.717, 1.165) is 34.0 Å². The molecule has 3 rings (SSSR count). The quantitative estimate of drug-likeness (QED) is 0.264. The van der Waals surface area contributed by atoms with E-state index in [-0.39, 0.29) is 11.7 Å². The van der Waals surface area contributed by atoms with Crippen LogP contribution in [-0.4, -0.2) is 46.8 Å². The molecule has 0 atom stereocenters. The molecule has 0 aliphatic heterocycles. The summed E-state index contributed by atoms with van der Waals surface area (Å²) in [4.78, 5) is 16.5. The molecular weight excluding hydrogens is 416 g/mol. The van der Waals surface area contributed by atoms with Crippen LogP contribution < -0.4 is 20.2 Å². The van der Waals surface area contributed by atoms with Crippen molar-refractivity contribution >= 4 is 35.0 Å². The summed E-state index contributed by atoms with van der Waals surface area (Å²) in [6.45, 7) is 3.78. The van der Waals surface area contributed by atoms with Gasteiger partial charge in [-0.25, -0.2) is 10.5 Å². The second kappa shape index (κ2) is 10.5. The van der Waals surface area contributed by atoms with E-state index in [1.54, 1.807) is 20.3 Å². The molecule has 1 aromatic heterocycles. The van der Waals surface area contributed by atoms with E-state index in [2.05, 4.69) is 31.0 Å². The third-order valence-corrected chi connectivity index (χ3v) is 5.17. The number of aryl methyl sites for hydroxylation is 1. The van der Waals surface area contributed by atoms with E-state index in [1.165, 1.54) is 11.8 Å². The molecule has 1 heterocycles. The first kappa shape index (κ1) is 22.2. The van der Waals surface area contributed by atoms with Crippen LogP contribution in [0.2, 0.25) is 0 Å². The van der Waals surface area contributed by atoms with Gasteiger partial charge >= 0.3 is 0 Å². The van der Waals surface area contributed by atoms with Crippen molar-refractivity contribution < 1.29 is 14.3 Å². The number of thioether (sulfide) groups is 1. The van der Waals surface area contributed by atoms with Crippen LogP contribution in [0.3, 0.4) is 0 Å². The lowest BCUT2D eigenvalue weighted by Gasteiger charge is -2.09. The molecular formula is C21H24N6O3S. The van der Waals surface area contributed by atoms with Crippen LogP contribution in [0, 0.1) is 6.92 Å². The smallest absolute Gasteiger partial charge is 0.240 e. The normalized spacial score (nSPS) is 11.2. The molecule has 0 fully saturated rings. The van der Waals surface area contributed by atoms with Crippen molar-refractivity contribution in [3.63, 3.8) is 0 Å². The van der Waals surface area contributed by atoms with Crippen LogP contribution in [0.25, 0.3) is 0 Å². The summed E-state index contributed by atoms with van der Waals surface area (Å²) in [6.07, 6.45) is 0. The number of anilines is 2.